The quantitative estimate of drug-likeness (QED) is 0.569. The number of methoxy groups -OCH3 is 1. The molecule has 0 aliphatic carbocycles. The second-order valence-corrected chi connectivity index (χ2v) is 7.75. The molecule has 32 heavy (non-hydrogen) atoms. The lowest BCUT2D eigenvalue weighted by Gasteiger charge is -2.19. The van der Waals surface area contributed by atoms with Crippen molar-refractivity contribution in [2.75, 3.05) is 17.3 Å². The highest BCUT2D eigenvalue weighted by atomic mass is 19.1. The lowest BCUT2D eigenvalue weighted by Crippen LogP contribution is -2.33. The Bertz CT molecular complexity index is 1260. The fourth-order valence-corrected chi connectivity index (χ4v) is 3.78. The Kier molecular flexibility index (Phi) is 5.53. The number of imide groups is 1. The number of hydrogen-bond acceptors (Lipinski definition) is 4. The van der Waals surface area contributed by atoms with Crippen molar-refractivity contribution in [2.45, 2.75) is 20.8 Å². The van der Waals surface area contributed by atoms with Crippen molar-refractivity contribution in [1.82, 2.24) is 0 Å². The highest BCUT2D eigenvalue weighted by Gasteiger charge is 2.41. The van der Waals surface area contributed by atoms with Gasteiger partial charge in [-0.2, -0.15) is 0 Å². The van der Waals surface area contributed by atoms with Crippen LogP contribution >= 0.6 is 0 Å². The molecule has 2 amide bonds. The Labute approximate surface area is 186 Å². The van der Waals surface area contributed by atoms with Gasteiger partial charge in [-0.3, -0.25) is 9.59 Å². The number of rotatable bonds is 5. The van der Waals surface area contributed by atoms with Gasteiger partial charge in [0.15, 0.2) is 0 Å². The molecule has 0 unspecified atom stereocenters. The summed E-state index contributed by atoms with van der Waals surface area (Å²) in [6.45, 7) is 5.72. The van der Waals surface area contributed by atoms with Crippen LogP contribution in [-0.4, -0.2) is 18.9 Å². The normalized spacial score (nSPS) is 13.7. The lowest BCUT2D eigenvalue weighted by atomic mass is 10.0. The molecule has 1 aliphatic rings. The SMILES string of the molecule is COc1ccc(C)cc1NC1=C(c2ccc(F)cc2)C(=O)N(c2cccc(C)c2C)C1=O. The molecule has 6 heteroatoms. The van der Waals surface area contributed by atoms with Crippen molar-refractivity contribution >= 4 is 28.8 Å². The maximum atomic E-state index is 13.6. The van der Waals surface area contributed by atoms with E-state index in [2.05, 4.69) is 5.32 Å². The molecular formula is C26H23FN2O3. The zero-order valence-electron chi connectivity index (χ0n) is 18.3. The summed E-state index contributed by atoms with van der Waals surface area (Å²) in [6.07, 6.45) is 0. The lowest BCUT2D eigenvalue weighted by molar-refractivity contribution is -0.120. The van der Waals surface area contributed by atoms with Crippen LogP contribution < -0.4 is 15.0 Å². The van der Waals surface area contributed by atoms with Crippen LogP contribution in [0.2, 0.25) is 0 Å². The van der Waals surface area contributed by atoms with Crippen molar-refractivity contribution < 1.29 is 18.7 Å². The summed E-state index contributed by atoms with van der Waals surface area (Å²) in [5.74, 6) is -0.838. The van der Waals surface area contributed by atoms with E-state index in [1.807, 2.05) is 45.0 Å². The van der Waals surface area contributed by atoms with Gasteiger partial charge in [-0.15, -0.1) is 0 Å². The maximum absolute atomic E-state index is 13.6. The molecule has 5 nitrogen and oxygen atoms in total. The van der Waals surface area contributed by atoms with Crippen LogP contribution in [0.1, 0.15) is 22.3 Å². The monoisotopic (exact) mass is 430 g/mol. The summed E-state index contributed by atoms with van der Waals surface area (Å²) in [5.41, 5.74) is 4.59. The first-order valence-corrected chi connectivity index (χ1v) is 10.2. The summed E-state index contributed by atoms with van der Waals surface area (Å²) in [6, 6.07) is 16.5. The fourth-order valence-electron chi connectivity index (χ4n) is 3.78. The predicted molar refractivity (Wildman–Crippen MR) is 123 cm³/mol. The van der Waals surface area contributed by atoms with Gasteiger partial charge in [0.25, 0.3) is 11.8 Å². The minimum absolute atomic E-state index is 0.117. The summed E-state index contributed by atoms with van der Waals surface area (Å²) in [4.78, 5) is 28.3. The summed E-state index contributed by atoms with van der Waals surface area (Å²) >= 11 is 0. The molecule has 0 spiro atoms. The molecule has 0 saturated carbocycles. The Morgan fingerprint density at radius 1 is 0.906 bits per heavy atom. The van der Waals surface area contributed by atoms with Crippen molar-refractivity contribution in [3.8, 4) is 5.75 Å². The van der Waals surface area contributed by atoms with Crippen LogP contribution in [0.15, 0.2) is 66.4 Å². The smallest absolute Gasteiger partial charge is 0.282 e. The molecule has 3 aromatic carbocycles. The summed E-state index contributed by atoms with van der Waals surface area (Å²) in [7, 11) is 1.54. The minimum atomic E-state index is -0.480. The van der Waals surface area contributed by atoms with Gasteiger partial charge in [-0.1, -0.05) is 30.3 Å². The Hall–Kier alpha value is -3.93. The average Bonchev–Trinajstić information content (AvgIpc) is 3.01. The number of nitrogens with one attached hydrogen (secondary N) is 1. The molecule has 162 valence electrons. The van der Waals surface area contributed by atoms with Gasteiger partial charge in [0.2, 0.25) is 0 Å². The molecule has 0 atom stereocenters. The standard InChI is InChI=1S/C26H23FN2O3/c1-15-8-13-22(32-4)20(14-15)28-24-23(18-9-11-19(27)12-10-18)25(30)29(26(24)31)21-7-5-6-16(2)17(21)3/h5-14,28H,1-4H3. The third-order valence-electron chi connectivity index (χ3n) is 5.65. The molecule has 1 aliphatic heterocycles. The number of aryl methyl sites for hydroxylation is 2. The molecule has 0 aromatic heterocycles. The van der Waals surface area contributed by atoms with E-state index in [9.17, 15) is 14.0 Å². The molecule has 1 heterocycles. The zero-order valence-corrected chi connectivity index (χ0v) is 18.3. The van der Waals surface area contributed by atoms with Gasteiger partial charge in [0, 0.05) is 0 Å². The maximum Gasteiger partial charge on any atom is 0.282 e. The predicted octanol–water partition coefficient (Wildman–Crippen LogP) is 5.16. The van der Waals surface area contributed by atoms with E-state index in [0.29, 0.717) is 22.7 Å². The van der Waals surface area contributed by atoms with E-state index in [1.54, 1.807) is 12.1 Å². The summed E-state index contributed by atoms with van der Waals surface area (Å²) in [5, 5.41) is 3.13. The number of hydrogen-bond donors (Lipinski definition) is 1. The molecule has 0 fully saturated rings. The van der Waals surface area contributed by atoms with Crippen LogP contribution in [-0.2, 0) is 9.59 Å². The van der Waals surface area contributed by atoms with E-state index in [-0.39, 0.29) is 11.3 Å². The largest absolute Gasteiger partial charge is 0.495 e. The topological polar surface area (TPSA) is 58.6 Å². The number of nitrogens with zero attached hydrogens (tertiary/aromatic N) is 1. The molecule has 3 aromatic rings. The van der Waals surface area contributed by atoms with Gasteiger partial charge in [-0.25, -0.2) is 9.29 Å². The van der Waals surface area contributed by atoms with Crippen LogP contribution in [0.4, 0.5) is 15.8 Å². The molecule has 0 saturated heterocycles. The van der Waals surface area contributed by atoms with E-state index >= 15 is 0 Å². The van der Waals surface area contributed by atoms with Gasteiger partial charge in [0.1, 0.15) is 17.3 Å². The molecule has 4 rings (SSSR count). The zero-order chi connectivity index (χ0) is 23.0. The Morgan fingerprint density at radius 3 is 2.31 bits per heavy atom. The van der Waals surface area contributed by atoms with E-state index < -0.39 is 17.6 Å². The third-order valence-corrected chi connectivity index (χ3v) is 5.65. The number of carbonyl (C=O) groups excluding carboxylic acids is 2. The van der Waals surface area contributed by atoms with E-state index in [0.717, 1.165) is 16.7 Å². The average molecular weight is 430 g/mol. The van der Waals surface area contributed by atoms with Gasteiger partial charge in [0.05, 0.1) is 24.1 Å². The number of anilines is 2. The first kappa shape index (κ1) is 21.3. The van der Waals surface area contributed by atoms with Crippen molar-refractivity contribution in [2.24, 2.45) is 0 Å². The van der Waals surface area contributed by atoms with Crippen molar-refractivity contribution in [3.05, 3.63) is 94.4 Å². The van der Waals surface area contributed by atoms with Gasteiger partial charge < -0.3 is 10.1 Å². The van der Waals surface area contributed by atoms with Crippen molar-refractivity contribution in [3.63, 3.8) is 0 Å². The van der Waals surface area contributed by atoms with Crippen LogP contribution in [0.3, 0.4) is 0 Å². The summed E-state index contributed by atoms with van der Waals surface area (Å²) < 4.78 is 19.0. The molecule has 0 radical (unpaired) electrons. The number of benzene rings is 3. The van der Waals surface area contributed by atoms with Gasteiger partial charge >= 0.3 is 0 Å². The van der Waals surface area contributed by atoms with E-state index in [4.69, 9.17) is 4.74 Å². The number of amides is 2. The minimum Gasteiger partial charge on any atom is -0.495 e. The Balaban J connectivity index is 1.88. The molecular weight excluding hydrogens is 407 g/mol. The highest BCUT2D eigenvalue weighted by molar-refractivity contribution is 6.46. The third kappa shape index (κ3) is 3.64. The fraction of sp³-hybridized carbons (Fsp3) is 0.154. The second kappa shape index (κ2) is 8.30. The molecule has 0 bridgehead atoms. The number of halogens is 1. The first-order valence-electron chi connectivity index (χ1n) is 10.2. The highest BCUT2D eigenvalue weighted by Crippen LogP contribution is 2.37. The Morgan fingerprint density at radius 2 is 1.62 bits per heavy atom. The first-order chi connectivity index (χ1) is 15.3. The van der Waals surface area contributed by atoms with Crippen LogP contribution in [0.25, 0.3) is 5.57 Å². The number of carbonyl (C=O) groups is 2. The van der Waals surface area contributed by atoms with Crippen molar-refractivity contribution in [1.29, 1.82) is 0 Å². The van der Waals surface area contributed by atoms with Crippen LogP contribution in [0.5, 0.6) is 5.75 Å². The number of ether oxygens (including phenoxy) is 1. The molecule has 1 N–H and O–H groups in total. The van der Waals surface area contributed by atoms with E-state index in [1.165, 1.54) is 36.3 Å². The van der Waals surface area contributed by atoms with Gasteiger partial charge in [-0.05, 0) is 73.4 Å². The second-order valence-electron chi connectivity index (χ2n) is 7.75. The van der Waals surface area contributed by atoms with Crippen LogP contribution in [0, 0.1) is 26.6 Å².